The average molecular weight is 372 g/mol. The second kappa shape index (κ2) is 8.23. The summed E-state index contributed by atoms with van der Waals surface area (Å²) < 4.78 is 7.94. The molecule has 0 spiro atoms. The Hall–Kier alpha value is -2.53. The van der Waals surface area contributed by atoms with Crippen LogP contribution in [0.15, 0.2) is 48.5 Å². The van der Waals surface area contributed by atoms with Crippen molar-refractivity contribution in [2.75, 3.05) is 13.7 Å². The standard InChI is InChI=1S/C20H22ClN3O2/c1-15(25)23(2)14-20-22-18-6-3-4-7-19(18)24(20)12-5-13-26-17-10-8-16(21)9-11-17/h3-4,6-11H,5,12-14H2,1-2H3. The van der Waals surface area contributed by atoms with Gasteiger partial charge in [0.15, 0.2) is 0 Å². The summed E-state index contributed by atoms with van der Waals surface area (Å²) in [5, 5.41) is 0.696. The molecule has 1 aromatic heterocycles. The van der Waals surface area contributed by atoms with Crippen molar-refractivity contribution in [3.63, 3.8) is 0 Å². The SMILES string of the molecule is CC(=O)N(C)Cc1nc2ccccc2n1CCCOc1ccc(Cl)cc1. The van der Waals surface area contributed by atoms with Crippen molar-refractivity contribution in [1.29, 1.82) is 0 Å². The molecule has 0 N–H and O–H groups in total. The van der Waals surface area contributed by atoms with Gasteiger partial charge >= 0.3 is 0 Å². The molecule has 0 saturated heterocycles. The molecule has 3 rings (SSSR count). The lowest BCUT2D eigenvalue weighted by Gasteiger charge is -2.16. The van der Waals surface area contributed by atoms with E-state index in [0.717, 1.165) is 35.6 Å². The summed E-state index contributed by atoms with van der Waals surface area (Å²) in [6.07, 6.45) is 0.833. The van der Waals surface area contributed by atoms with Gasteiger partial charge in [0.25, 0.3) is 0 Å². The Morgan fingerprint density at radius 2 is 1.92 bits per heavy atom. The number of benzene rings is 2. The van der Waals surface area contributed by atoms with E-state index in [4.69, 9.17) is 21.3 Å². The van der Waals surface area contributed by atoms with Gasteiger partial charge < -0.3 is 14.2 Å². The number of ether oxygens (including phenoxy) is 1. The largest absolute Gasteiger partial charge is 0.494 e. The minimum atomic E-state index is 0.0228. The van der Waals surface area contributed by atoms with Crippen molar-refractivity contribution >= 4 is 28.5 Å². The van der Waals surface area contributed by atoms with E-state index in [1.54, 1.807) is 18.9 Å². The lowest BCUT2D eigenvalue weighted by atomic mass is 10.3. The summed E-state index contributed by atoms with van der Waals surface area (Å²) in [7, 11) is 1.79. The molecular formula is C20H22ClN3O2. The molecule has 1 amide bonds. The number of rotatable bonds is 7. The van der Waals surface area contributed by atoms with E-state index in [0.29, 0.717) is 18.2 Å². The monoisotopic (exact) mass is 371 g/mol. The highest BCUT2D eigenvalue weighted by Gasteiger charge is 2.13. The van der Waals surface area contributed by atoms with Gasteiger partial charge in [-0.15, -0.1) is 0 Å². The van der Waals surface area contributed by atoms with Gasteiger partial charge in [-0.2, -0.15) is 0 Å². The summed E-state index contributed by atoms with van der Waals surface area (Å²) in [5.74, 6) is 1.71. The van der Waals surface area contributed by atoms with Gasteiger partial charge in [0.1, 0.15) is 11.6 Å². The smallest absolute Gasteiger partial charge is 0.219 e. The fourth-order valence-corrected chi connectivity index (χ4v) is 2.89. The molecule has 136 valence electrons. The Bertz CT molecular complexity index is 890. The van der Waals surface area contributed by atoms with Crippen molar-refractivity contribution in [3.8, 4) is 5.75 Å². The number of hydrogen-bond donors (Lipinski definition) is 0. The molecule has 26 heavy (non-hydrogen) atoms. The van der Waals surface area contributed by atoms with Crippen LogP contribution < -0.4 is 4.74 Å². The van der Waals surface area contributed by atoms with Crippen LogP contribution >= 0.6 is 11.6 Å². The predicted octanol–water partition coefficient (Wildman–Crippen LogP) is 4.14. The van der Waals surface area contributed by atoms with Crippen LogP contribution in [0.4, 0.5) is 0 Å². The molecule has 1 heterocycles. The summed E-state index contributed by atoms with van der Waals surface area (Å²) >= 11 is 5.88. The number of aromatic nitrogens is 2. The van der Waals surface area contributed by atoms with Crippen molar-refractivity contribution in [3.05, 3.63) is 59.4 Å². The number of carbonyl (C=O) groups excluding carboxylic acids is 1. The first kappa shape index (κ1) is 18.3. The zero-order chi connectivity index (χ0) is 18.5. The summed E-state index contributed by atoms with van der Waals surface area (Å²) in [6.45, 7) is 3.42. The number of para-hydroxylation sites is 2. The first-order valence-electron chi connectivity index (χ1n) is 8.59. The Morgan fingerprint density at radius 3 is 2.65 bits per heavy atom. The first-order chi connectivity index (χ1) is 12.5. The topological polar surface area (TPSA) is 47.4 Å². The summed E-state index contributed by atoms with van der Waals surface area (Å²) in [4.78, 5) is 17.9. The number of imidazole rings is 1. The average Bonchev–Trinajstić information content (AvgIpc) is 2.97. The number of aryl methyl sites for hydroxylation is 1. The maximum Gasteiger partial charge on any atom is 0.219 e. The lowest BCUT2D eigenvalue weighted by Crippen LogP contribution is -2.25. The lowest BCUT2D eigenvalue weighted by molar-refractivity contribution is -0.128. The van der Waals surface area contributed by atoms with Crippen LogP contribution in [0.2, 0.25) is 5.02 Å². The Balaban J connectivity index is 1.69. The predicted molar refractivity (Wildman–Crippen MR) is 103 cm³/mol. The van der Waals surface area contributed by atoms with Gasteiger partial charge in [0, 0.05) is 25.5 Å². The van der Waals surface area contributed by atoms with E-state index >= 15 is 0 Å². The van der Waals surface area contributed by atoms with Gasteiger partial charge in [-0.1, -0.05) is 23.7 Å². The third kappa shape index (κ3) is 4.35. The fraction of sp³-hybridized carbons (Fsp3) is 0.300. The van der Waals surface area contributed by atoms with E-state index in [9.17, 15) is 4.79 Å². The molecule has 0 fully saturated rings. The van der Waals surface area contributed by atoms with Crippen LogP contribution in [-0.4, -0.2) is 34.0 Å². The third-order valence-corrected chi connectivity index (χ3v) is 4.51. The van der Waals surface area contributed by atoms with E-state index in [1.165, 1.54) is 0 Å². The van der Waals surface area contributed by atoms with Crippen molar-refractivity contribution < 1.29 is 9.53 Å². The van der Waals surface area contributed by atoms with Crippen LogP contribution in [0.3, 0.4) is 0 Å². The number of fused-ring (bicyclic) bond motifs is 1. The molecule has 0 aliphatic carbocycles. The Labute approximate surface area is 158 Å². The second-order valence-electron chi connectivity index (χ2n) is 6.20. The maximum atomic E-state index is 11.6. The highest BCUT2D eigenvalue weighted by Crippen LogP contribution is 2.19. The van der Waals surface area contributed by atoms with Crippen LogP contribution in [-0.2, 0) is 17.9 Å². The van der Waals surface area contributed by atoms with Gasteiger partial charge in [0.2, 0.25) is 5.91 Å². The number of carbonyl (C=O) groups is 1. The van der Waals surface area contributed by atoms with E-state index < -0.39 is 0 Å². The number of hydrogen-bond acceptors (Lipinski definition) is 3. The minimum Gasteiger partial charge on any atom is -0.494 e. The molecule has 0 atom stereocenters. The second-order valence-corrected chi connectivity index (χ2v) is 6.64. The first-order valence-corrected chi connectivity index (χ1v) is 8.96. The zero-order valence-electron chi connectivity index (χ0n) is 15.0. The number of nitrogens with zero attached hydrogens (tertiary/aromatic N) is 3. The van der Waals surface area contributed by atoms with Crippen molar-refractivity contribution in [1.82, 2.24) is 14.5 Å². The van der Waals surface area contributed by atoms with Gasteiger partial charge in [-0.05, 0) is 42.8 Å². The molecule has 0 aliphatic rings. The number of amides is 1. The molecule has 5 nitrogen and oxygen atoms in total. The number of halogens is 1. The molecule has 2 aromatic carbocycles. The molecule has 0 bridgehead atoms. The molecule has 0 saturated carbocycles. The molecule has 6 heteroatoms. The highest BCUT2D eigenvalue weighted by molar-refractivity contribution is 6.30. The molecule has 3 aromatic rings. The Morgan fingerprint density at radius 1 is 1.19 bits per heavy atom. The van der Waals surface area contributed by atoms with Crippen LogP contribution in [0.25, 0.3) is 11.0 Å². The van der Waals surface area contributed by atoms with Crippen molar-refractivity contribution in [2.45, 2.75) is 26.4 Å². The molecule has 0 radical (unpaired) electrons. The van der Waals surface area contributed by atoms with E-state index in [1.807, 2.05) is 42.5 Å². The zero-order valence-corrected chi connectivity index (χ0v) is 15.7. The van der Waals surface area contributed by atoms with Crippen LogP contribution in [0.5, 0.6) is 5.75 Å². The molecular weight excluding hydrogens is 350 g/mol. The van der Waals surface area contributed by atoms with Crippen LogP contribution in [0.1, 0.15) is 19.2 Å². The maximum absolute atomic E-state index is 11.6. The quantitative estimate of drug-likeness (QED) is 0.586. The molecule has 0 aliphatic heterocycles. The Kier molecular flexibility index (Phi) is 5.78. The summed E-state index contributed by atoms with van der Waals surface area (Å²) in [6, 6.07) is 15.4. The fourth-order valence-electron chi connectivity index (χ4n) is 2.76. The van der Waals surface area contributed by atoms with Gasteiger partial charge in [0.05, 0.1) is 24.2 Å². The minimum absolute atomic E-state index is 0.0228. The highest BCUT2D eigenvalue weighted by atomic mass is 35.5. The third-order valence-electron chi connectivity index (χ3n) is 4.26. The normalized spacial score (nSPS) is 10.9. The summed E-state index contributed by atoms with van der Waals surface area (Å²) in [5.41, 5.74) is 2.02. The van der Waals surface area contributed by atoms with Crippen LogP contribution in [0, 0.1) is 0 Å². The van der Waals surface area contributed by atoms with E-state index in [2.05, 4.69) is 10.6 Å². The van der Waals surface area contributed by atoms with Gasteiger partial charge in [-0.3, -0.25) is 4.79 Å². The van der Waals surface area contributed by atoms with E-state index in [-0.39, 0.29) is 5.91 Å². The van der Waals surface area contributed by atoms with Gasteiger partial charge in [-0.25, -0.2) is 4.98 Å². The van der Waals surface area contributed by atoms with Crippen molar-refractivity contribution in [2.24, 2.45) is 0 Å². The molecule has 0 unspecified atom stereocenters.